The van der Waals surface area contributed by atoms with Gasteiger partial charge in [-0.25, -0.2) is 4.98 Å². The van der Waals surface area contributed by atoms with Crippen LogP contribution in [0.1, 0.15) is 28.0 Å². The molecule has 158 valence electrons. The van der Waals surface area contributed by atoms with Crippen molar-refractivity contribution < 1.29 is 9.53 Å². The monoisotopic (exact) mass is 435 g/mol. The smallest absolute Gasteiger partial charge is 0.275 e. The van der Waals surface area contributed by atoms with E-state index in [1.807, 2.05) is 19.1 Å². The lowest BCUT2D eigenvalue weighted by atomic mass is 10.2. The van der Waals surface area contributed by atoms with Gasteiger partial charge in [-0.05, 0) is 55.0 Å². The number of benzene rings is 2. The molecule has 0 unspecified atom stereocenters. The number of anilines is 2. The molecule has 0 aliphatic heterocycles. The molecule has 0 saturated carbocycles. The third-order valence-electron chi connectivity index (χ3n) is 4.61. The summed E-state index contributed by atoms with van der Waals surface area (Å²) in [6.45, 7) is 2.38. The van der Waals surface area contributed by atoms with Crippen molar-refractivity contribution in [2.24, 2.45) is 0 Å². The predicted molar refractivity (Wildman–Crippen MR) is 121 cm³/mol. The van der Waals surface area contributed by atoms with Crippen LogP contribution < -0.4 is 20.9 Å². The first kappa shape index (κ1) is 20.5. The molecule has 8 nitrogen and oxygen atoms in total. The van der Waals surface area contributed by atoms with E-state index in [1.54, 1.807) is 43.5 Å². The molecule has 0 fully saturated rings. The average molecular weight is 436 g/mol. The van der Waals surface area contributed by atoms with Gasteiger partial charge < -0.3 is 15.4 Å². The molecule has 1 amide bonds. The number of ether oxygens (including phenoxy) is 1. The highest BCUT2D eigenvalue weighted by Crippen LogP contribution is 2.17. The van der Waals surface area contributed by atoms with E-state index in [9.17, 15) is 9.59 Å². The van der Waals surface area contributed by atoms with Gasteiger partial charge in [0.05, 0.1) is 19.3 Å². The molecule has 0 aliphatic carbocycles. The zero-order valence-corrected chi connectivity index (χ0v) is 17.9. The number of rotatable bonds is 7. The van der Waals surface area contributed by atoms with Crippen LogP contribution in [-0.4, -0.2) is 27.6 Å². The third-order valence-corrected chi connectivity index (χ3v) is 5.66. The molecule has 9 heteroatoms. The minimum absolute atomic E-state index is 0.191. The standard InChI is InChI=1S/C22H21N5O3S/c1-3-19-26-27-20(28)12-17(25-22(27)31-19)13-23-15-6-4-14(5-7-15)21(29)24-16-8-10-18(30-2)11-9-16/h4-12,23H,3,13H2,1-2H3,(H,24,29). The zero-order chi connectivity index (χ0) is 21.8. The molecule has 0 bridgehead atoms. The number of aromatic nitrogens is 3. The lowest BCUT2D eigenvalue weighted by Crippen LogP contribution is -2.16. The Hall–Kier alpha value is -3.72. The van der Waals surface area contributed by atoms with Crippen LogP contribution in [-0.2, 0) is 13.0 Å². The Kier molecular flexibility index (Phi) is 5.94. The van der Waals surface area contributed by atoms with Crippen molar-refractivity contribution in [2.75, 3.05) is 17.7 Å². The Balaban J connectivity index is 1.39. The predicted octanol–water partition coefficient (Wildman–Crippen LogP) is 3.59. The van der Waals surface area contributed by atoms with Crippen molar-refractivity contribution in [1.29, 1.82) is 0 Å². The van der Waals surface area contributed by atoms with Crippen LogP contribution in [0.4, 0.5) is 11.4 Å². The van der Waals surface area contributed by atoms with Crippen LogP contribution in [0.5, 0.6) is 5.75 Å². The summed E-state index contributed by atoms with van der Waals surface area (Å²) in [4.78, 5) is 29.8. The summed E-state index contributed by atoms with van der Waals surface area (Å²) in [6, 6.07) is 15.7. The maximum atomic E-state index is 12.4. The first-order chi connectivity index (χ1) is 15.1. The molecule has 2 N–H and O–H groups in total. The molecule has 0 atom stereocenters. The van der Waals surface area contributed by atoms with Crippen LogP contribution in [0.2, 0.25) is 0 Å². The normalized spacial score (nSPS) is 10.8. The van der Waals surface area contributed by atoms with Crippen molar-refractivity contribution in [3.8, 4) is 5.75 Å². The van der Waals surface area contributed by atoms with Gasteiger partial charge in [-0.1, -0.05) is 18.3 Å². The lowest BCUT2D eigenvalue weighted by molar-refractivity contribution is 0.102. The second-order valence-corrected chi connectivity index (χ2v) is 7.78. The number of nitrogens with zero attached hydrogens (tertiary/aromatic N) is 3. The Morgan fingerprint density at radius 3 is 2.48 bits per heavy atom. The fraction of sp³-hybridized carbons (Fsp3) is 0.182. The molecular weight excluding hydrogens is 414 g/mol. The van der Waals surface area contributed by atoms with Gasteiger partial charge in [-0.15, -0.1) is 0 Å². The second kappa shape index (κ2) is 8.97. The van der Waals surface area contributed by atoms with Crippen LogP contribution >= 0.6 is 11.3 Å². The maximum Gasteiger partial charge on any atom is 0.275 e. The first-order valence-corrected chi connectivity index (χ1v) is 10.6. The first-order valence-electron chi connectivity index (χ1n) is 9.73. The fourth-order valence-electron chi connectivity index (χ4n) is 2.94. The van der Waals surface area contributed by atoms with E-state index >= 15 is 0 Å². The largest absolute Gasteiger partial charge is 0.497 e. The molecule has 0 radical (unpaired) electrons. The topological polar surface area (TPSA) is 97.6 Å². The number of aryl methyl sites for hydroxylation is 1. The summed E-state index contributed by atoms with van der Waals surface area (Å²) in [5.74, 6) is 0.527. The van der Waals surface area contributed by atoms with Gasteiger partial charge in [0.25, 0.3) is 11.5 Å². The van der Waals surface area contributed by atoms with Gasteiger partial charge in [-0.3, -0.25) is 9.59 Å². The Morgan fingerprint density at radius 1 is 1.10 bits per heavy atom. The summed E-state index contributed by atoms with van der Waals surface area (Å²) in [7, 11) is 1.59. The molecule has 31 heavy (non-hydrogen) atoms. The number of fused-ring (bicyclic) bond motifs is 1. The SMILES string of the molecule is CCc1nn2c(=O)cc(CNc3ccc(C(=O)Nc4ccc(OC)cc4)cc3)nc2s1. The zero-order valence-electron chi connectivity index (χ0n) is 17.1. The van der Waals surface area contributed by atoms with Crippen LogP contribution in [0, 0.1) is 0 Å². The number of carbonyl (C=O) groups is 1. The van der Waals surface area contributed by atoms with E-state index in [1.165, 1.54) is 21.9 Å². The van der Waals surface area contributed by atoms with E-state index in [-0.39, 0.29) is 11.5 Å². The van der Waals surface area contributed by atoms with Crippen molar-refractivity contribution >= 4 is 33.6 Å². The molecule has 2 heterocycles. The fourth-order valence-corrected chi connectivity index (χ4v) is 3.80. The quantitative estimate of drug-likeness (QED) is 0.460. The van der Waals surface area contributed by atoms with Crippen molar-refractivity contribution in [3.05, 3.63) is 81.2 Å². The number of nitrogens with one attached hydrogen (secondary N) is 2. The van der Waals surface area contributed by atoms with E-state index < -0.39 is 0 Å². The molecule has 2 aromatic heterocycles. The van der Waals surface area contributed by atoms with Crippen LogP contribution in [0.25, 0.3) is 4.96 Å². The number of amides is 1. The third kappa shape index (κ3) is 4.72. The van der Waals surface area contributed by atoms with Gasteiger partial charge in [0.2, 0.25) is 4.96 Å². The molecule has 4 rings (SSSR count). The van der Waals surface area contributed by atoms with Gasteiger partial charge in [0, 0.05) is 23.0 Å². The Morgan fingerprint density at radius 2 is 1.81 bits per heavy atom. The minimum Gasteiger partial charge on any atom is -0.497 e. The maximum absolute atomic E-state index is 12.4. The lowest BCUT2D eigenvalue weighted by Gasteiger charge is -2.09. The summed E-state index contributed by atoms with van der Waals surface area (Å²) >= 11 is 1.42. The van der Waals surface area contributed by atoms with E-state index in [0.29, 0.717) is 28.5 Å². The molecular formula is C22H21N5O3S. The molecule has 4 aromatic rings. The Labute approximate surface area is 182 Å². The number of methoxy groups -OCH3 is 1. The van der Waals surface area contributed by atoms with E-state index in [2.05, 4.69) is 20.7 Å². The second-order valence-electron chi connectivity index (χ2n) is 6.74. The van der Waals surface area contributed by atoms with E-state index in [0.717, 1.165) is 22.9 Å². The average Bonchev–Trinajstić information content (AvgIpc) is 3.22. The van der Waals surface area contributed by atoms with Crippen LogP contribution in [0.15, 0.2) is 59.4 Å². The molecule has 0 aliphatic rings. The van der Waals surface area contributed by atoms with Crippen LogP contribution in [0.3, 0.4) is 0 Å². The molecule has 0 spiro atoms. The van der Waals surface area contributed by atoms with Crippen molar-refractivity contribution in [2.45, 2.75) is 19.9 Å². The van der Waals surface area contributed by atoms with Gasteiger partial charge >= 0.3 is 0 Å². The van der Waals surface area contributed by atoms with Gasteiger partial charge in [0.1, 0.15) is 10.8 Å². The summed E-state index contributed by atoms with van der Waals surface area (Å²) in [6.07, 6.45) is 0.763. The highest BCUT2D eigenvalue weighted by molar-refractivity contribution is 7.16. The minimum atomic E-state index is -0.200. The van der Waals surface area contributed by atoms with E-state index in [4.69, 9.17) is 4.74 Å². The summed E-state index contributed by atoms with van der Waals surface area (Å²) in [5, 5.41) is 11.2. The molecule has 0 saturated heterocycles. The van der Waals surface area contributed by atoms with Gasteiger partial charge in [0.15, 0.2) is 0 Å². The highest BCUT2D eigenvalue weighted by Gasteiger charge is 2.09. The number of hydrogen-bond acceptors (Lipinski definition) is 7. The Bertz CT molecular complexity index is 1260. The summed E-state index contributed by atoms with van der Waals surface area (Å²) in [5.41, 5.74) is 2.49. The van der Waals surface area contributed by atoms with Crippen molar-refractivity contribution in [1.82, 2.24) is 14.6 Å². The number of hydrogen-bond donors (Lipinski definition) is 2. The van der Waals surface area contributed by atoms with Crippen molar-refractivity contribution in [3.63, 3.8) is 0 Å². The number of carbonyl (C=O) groups excluding carboxylic acids is 1. The van der Waals surface area contributed by atoms with Gasteiger partial charge in [-0.2, -0.15) is 9.61 Å². The molecule has 2 aromatic carbocycles. The summed E-state index contributed by atoms with van der Waals surface area (Å²) < 4.78 is 6.45. The highest BCUT2D eigenvalue weighted by atomic mass is 32.1.